The maximum atomic E-state index is 13.1. The fraction of sp³-hybridized carbons (Fsp3) is 0.579. The third-order valence-electron chi connectivity index (χ3n) is 5.43. The first kappa shape index (κ1) is 18.3. The molecule has 2 aliphatic rings. The Bertz CT molecular complexity index is 897. The van der Waals surface area contributed by atoms with Gasteiger partial charge in [-0.2, -0.15) is 0 Å². The second-order valence-electron chi connectivity index (χ2n) is 7.42. The monoisotopic (exact) mass is 387 g/mol. The van der Waals surface area contributed by atoms with Gasteiger partial charge in [-0.25, -0.2) is 9.97 Å². The number of piperazine rings is 1. The molecule has 7 nitrogen and oxygen atoms in total. The van der Waals surface area contributed by atoms with Crippen molar-refractivity contribution in [1.82, 2.24) is 25.1 Å². The van der Waals surface area contributed by atoms with Gasteiger partial charge in [-0.05, 0) is 32.3 Å². The van der Waals surface area contributed by atoms with Crippen molar-refractivity contribution in [3.63, 3.8) is 0 Å². The first-order chi connectivity index (χ1) is 13.0. The van der Waals surface area contributed by atoms with E-state index in [4.69, 9.17) is 4.98 Å². The number of rotatable bonds is 4. The van der Waals surface area contributed by atoms with E-state index in [1.807, 2.05) is 18.7 Å². The van der Waals surface area contributed by atoms with Crippen molar-refractivity contribution in [1.29, 1.82) is 0 Å². The van der Waals surface area contributed by atoms with Gasteiger partial charge >= 0.3 is 0 Å². The summed E-state index contributed by atoms with van der Waals surface area (Å²) in [6.45, 7) is 7.12. The molecule has 0 aromatic carbocycles. The van der Waals surface area contributed by atoms with E-state index >= 15 is 0 Å². The van der Waals surface area contributed by atoms with E-state index in [0.29, 0.717) is 38.6 Å². The predicted molar refractivity (Wildman–Crippen MR) is 105 cm³/mol. The molecule has 0 bridgehead atoms. The average Bonchev–Trinajstić information content (AvgIpc) is 3.45. The Morgan fingerprint density at radius 3 is 2.48 bits per heavy atom. The van der Waals surface area contributed by atoms with Gasteiger partial charge in [0.15, 0.2) is 0 Å². The molecular formula is C19H25N5O2S. The van der Waals surface area contributed by atoms with Crippen LogP contribution >= 0.6 is 11.3 Å². The fourth-order valence-electron chi connectivity index (χ4n) is 3.62. The quantitative estimate of drug-likeness (QED) is 0.864. The molecule has 0 spiro atoms. The van der Waals surface area contributed by atoms with E-state index in [-0.39, 0.29) is 11.8 Å². The Morgan fingerprint density at radius 2 is 1.85 bits per heavy atom. The number of carbonyl (C=O) groups is 2. The minimum absolute atomic E-state index is 0.00986. The molecule has 0 radical (unpaired) electrons. The molecule has 1 N–H and O–H groups in total. The van der Waals surface area contributed by atoms with E-state index in [2.05, 4.69) is 15.2 Å². The third-order valence-corrected chi connectivity index (χ3v) is 6.60. The maximum Gasteiger partial charge on any atom is 0.264 e. The highest BCUT2D eigenvalue weighted by Crippen LogP contribution is 2.40. The van der Waals surface area contributed by atoms with Crippen LogP contribution < -0.4 is 5.32 Å². The molecule has 4 rings (SSSR count). The lowest BCUT2D eigenvalue weighted by Crippen LogP contribution is -2.50. The second-order valence-corrected chi connectivity index (χ2v) is 8.42. The van der Waals surface area contributed by atoms with Gasteiger partial charge in [0, 0.05) is 44.5 Å². The summed E-state index contributed by atoms with van der Waals surface area (Å²) in [4.78, 5) is 39.7. The minimum Gasteiger partial charge on any atom is -0.358 e. The molecule has 3 heterocycles. The molecule has 8 heteroatoms. The molecule has 2 aromatic heterocycles. The van der Waals surface area contributed by atoms with Crippen LogP contribution in [-0.4, -0.2) is 71.4 Å². The summed E-state index contributed by atoms with van der Waals surface area (Å²) in [5.74, 6) is 1.52. The summed E-state index contributed by atoms with van der Waals surface area (Å²) in [5, 5.41) is 3.68. The van der Waals surface area contributed by atoms with E-state index in [9.17, 15) is 9.59 Å². The van der Waals surface area contributed by atoms with E-state index < -0.39 is 0 Å². The predicted octanol–water partition coefficient (Wildman–Crippen LogP) is 1.69. The van der Waals surface area contributed by atoms with Crippen LogP contribution in [0.1, 0.15) is 45.5 Å². The topological polar surface area (TPSA) is 78.4 Å². The third kappa shape index (κ3) is 3.55. The van der Waals surface area contributed by atoms with Crippen molar-refractivity contribution < 1.29 is 9.59 Å². The first-order valence-electron chi connectivity index (χ1n) is 9.47. The second kappa shape index (κ2) is 7.16. The number of hydrogen-bond donors (Lipinski definition) is 1. The van der Waals surface area contributed by atoms with Crippen LogP contribution in [0, 0.1) is 13.8 Å². The Morgan fingerprint density at radius 1 is 1.15 bits per heavy atom. The van der Waals surface area contributed by atoms with Gasteiger partial charge in [-0.1, -0.05) is 0 Å². The zero-order valence-electron chi connectivity index (χ0n) is 16.0. The molecule has 1 aliphatic carbocycles. The fourth-order valence-corrected chi connectivity index (χ4v) is 4.83. The van der Waals surface area contributed by atoms with Gasteiger partial charge in [0.1, 0.15) is 10.7 Å². The first-order valence-corrected chi connectivity index (χ1v) is 10.3. The highest BCUT2D eigenvalue weighted by molar-refractivity contribution is 7.20. The number of carbonyl (C=O) groups excluding carboxylic acids is 2. The minimum atomic E-state index is 0.00986. The number of aryl methyl sites for hydroxylation is 2. The SMILES string of the molecule is CNC(=O)CN1CCN(C(=O)c2sc3nc(C4CC4)nc(C)c3c2C)CC1. The Hall–Kier alpha value is -2.06. The molecule has 27 heavy (non-hydrogen) atoms. The highest BCUT2D eigenvalue weighted by atomic mass is 32.1. The van der Waals surface area contributed by atoms with Crippen molar-refractivity contribution in [2.75, 3.05) is 39.8 Å². The maximum absolute atomic E-state index is 13.1. The Labute approximate surface area is 162 Å². The van der Waals surface area contributed by atoms with Gasteiger partial charge in [0.25, 0.3) is 5.91 Å². The van der Waals surface area contributed by atoms with Gasteiger partial charge in [0.2, 0.25) is 5.91 Å². The summed E-state index contributed by atoms with van der Waals surface area (Å²) < 4.78 is 0. The van der Waals surface area contributed by atoms with Gasteiger partial charge in [-0.3, -0.25) is 14.5 Å². The van der Waals surface area contributed by atoms with Crippen LogP contribution in [0.15, 0.2) is 0 Å². The number of fused-ring (bicyclic) bond motifs is 1. The van der Waals surface area contributed by atoms with Crippen molar-refractivity contribution in [3.8, 4) is 0 Å². The molecule has 2 amide bonds. The summed E-state index contributed by atoms with van der Waals surface area (Å²) in [7, 11) is 1.64. The molecule has 2 fully saturated rings. The van der Waals surface area contributed by atoms with Crippen LogP contribution in [0.4, 0.5) is 0 Å². The number of likely N-dealkylation sites (N-methyl/N-ethyl adjacent to an activating group) is 1. The summed E-state index contributed by atoms with van der Waals surface area (Å²) in [6, 6.07) is 0. The van der Waals surface area contributed by atoms with E-state index in [1.165, 1.54) is 24.2 Å². The lowest BCUT2D eigenvalue weighted by Gasteiger charge is -2.34. The number of nitrogens with one attached hydrogen (secondary N) is 1. The molecule has 2 aromatic rings. The van der Waals surface area contributed by atoms with Crippen LogP contribution in [0.3, 0.4) is 0 Å². The van der Waals surface area contributed by atoms with E-state index in [0.717, 1.165) is 32.2 Å². The number of aromatic nitrogens is 2. The van der Waals surface area contributed by atoms with Gasteiger partial charge < -0.3 is 10.2 Å². The van der Waals surface area contributed by atoms with Crippen molar-refractivity contribution >= 4 is 33.4 Å². The van der Waals surface area contributed by atoms with E-state index in [1.54, 1.807) is 7.05 Å². The van der Waals surface area contributed by atoms with Crippen molar-refractivity contribution in [3.05, 3.63) is 22.0 Å². The molecule has 144 valence electrons. The normalized spacial score (nSPS) is 18.1. The largest absolute Gasteiger partial charge is 0.358 e. The van der Waals surface area contributed by atoms with Crippen molar-refractivity contribution in [2.45, 2.75) is 32.6 Å². The molecule has 1 aliphatic heterocycles. The number of nitrogens with zero attached hydrogens (tertiary/aromatic N) is 4. The molecule has 1 saturated heterocycles. The molecule has 0 unspecified atom stereocenters. The number of hydrogen-bond acceptors (Lipinski definition) is 6. The average molecular weight is 388 g/mol. The standard InChI is InChI=1S/C19H25N5O2S/c1-11-15-12(2)21-17(13-4-5-13)22-18(15)27-16(11)19(26)24-8-6-23(7-9-24)10-14(25)20-3/h13H,4-10H2,1-3H3,(H,20,25). The molecular weight excluding hydrogens is 362 g/mol. The lowest BCUT2D eigenvalue weighted by molar-refractivity contribution is -0.122. The zero-order valence-corrected chi connectivity index (χ0v) is 16.9. The van der Waals surface area contributed by atoms with Crippen LogP contribution in [0.25, 0.3) is 10.2 Å². The summed E-state index contributed by atoms with van der Waals surface area (Å²) in [5.41, 5.74) is 1.97. The lowest BCUT2D eigenvalue weighted by atomic mass is 10.1. The molecule has 1 saturated carbocycles. The summed E-state index contributed by atoms with van der Waals surface area (Å²) in [6.07, 6.45) is 2.34. The van der Waals surface area contributed by atoms with Crippen molar-refractivity contribution in [2.24, 2.45) is 0 Å². The zero-order chi connectivity index (χ0) is 19.1. The number of thiophene rings is 1. The van der Waals surface area contributed by atoms with Crippen LogP contribution in [0.2, 0.25) is 0 Å². The smallest absolute Gasteiger partial charge is 0.264 e. The van der Waals surface area contributed by atoms with Crippen LogP contribution in [0.5, 0.6) is 0 Å². The Kier molecular flexibility index (Phi) is 4.86. The highest BCUT2D eigenvalue weighted by Gasteiger charge is 2.30. The molecule has 0 atom stereocenters. The van der Waals surface area contributed by atoms with Crippen LogP contribution in [-0.2, 0) is 4.79 Å². The van der Waals surface area contributed by atoms with Gasteiger partial charge in [0.05, 0.1) is 17.1 Å². The summed E-state index contributed by atoms with van der Waals surface area (Å²) >= 11 is 1.49. The number of amides is 2. The van der Waals surface area contributed by atoms with Gasteiger partial charge in [-0.15, -0.1) is 11.3 Å². The Balaban J connectivity index is 1.52.